The lowest BCUT2D eigenvalue weighted by Crippen LogP contribution is -2.05. The summed E-state index contributed by atoms with van der Waals surface area (Å²) < 4.78 is 26.5. The summed E-state index contributed by atoms with van der Waals surface area (Å²) in [6, 6.07) is 6.23. The Bertz CT molecular complexity index is 717. The molecule has 8 heteroatoms. The van der Waals surface area contributed by atoms with E-state index in [4.69, 9.17) is 5.11 Å². The molecule has 108 valence electrons. The first kappa shape index (κ1) is 14.4. The topological polar surface area (TPSA) is 92.5 Å². The zero-order valence-electron chi connectivity index (χ0n) is 10.3. The third kappa shape index (κ3) is 3.11. The van der Waals surface area contributed by atoms with E-state index >= 15 is 0 Å². The Balaban J connectivity index is 2.44. The van der Waals surface area contributed by atoms with Crippen molar-refractivity contribution in [2.45, 2.75) is 0 Å². The summed E-state index contributed by atoms with van der Waals surface area (Å²) in [5.41, 5.74) is -1.44. The Morgan fingerprint density at radius 3 is 2.33 bits per heavy atom. The van der Waals surface area contributed by atoms with Crippen LogP contribution in [0.15, 0.2) is 36.4 Å². The van der Waals surface area contributed by atoms with Gasteiger partial charge in [0.05, 0.1) is 16.7 Å². The number of anilines is 2. The van der Waals surface area contributed by atoms with Gasteiger partial charge in [0.25, 0.3) is 5.69 Å². The molecule has 0 heterocycles. The lowest BCUT2D eigenvalue weighted by Gasteiger charge is -2.09. The highest BCUT2D eigenvalue weighted by molar-refractivity contribution is 5.94. The van der Waals surface area contributed by atoms with Crippen molar-refractivity contribution in [1.29, 1.82) is 0 Å². The van der Waals surface area contributed by atoms with Gasteiger partial charge in [0.15, 0.2) is 5.82 Å². The summed E-state index contributed by atoms with van der Waals surface area (Å²) in [7, 11) is 0. The number of nitrogens with zero attached hydrogens (tertiary/aromatic N) is 1. The average molecular weight is 294 g/mol. The van der Waals surface area contributed by atoms with Gasteiger partial charge in [-0.1, -0.05) is 0 Å². The van der Waals surface area contributed by atoms with Crippen molar-refractivity contribution in [1.82, 2.24) is 0 Å². The zero-order chi connectivity index (χ0) is 15.6. The molecular weight excluding hydrogens is 286 g/mol. The fraction of sp³-hybridized carbons (Fsp3) is 0. The van der Waals surface area contributed by atoms with E-state index in [2.05, 4.69) is 5.32 Å². The molecule has 21 heavy (non-hydrogen) atoms. The third-order valence-electron chi connectivity index (χ3n) is 2.64. The Morgan fingerprint density at radius 1 is 1.19 bits per heavy atom. The smallest absolute Gasteiger partial charge is 0.342 e. The molecule has 0 amide bonds. The van der Waals surface area contributed by atoms with E-state index in [1.807, 2.05) is 0 Å². The van der Waals surface area contributed by atoms with Crippen LogP contribution in [0.4, 0.5) is 25.8 Å². The van der Waals surface area contributed by atoms with Crippen LogP contribution >= 0.6 is 0 Å². The molecule has 2 N–H and O–H groups in total. The van der Waals surface area contributed by atoms with E-state index < -0.39 is 33.8 Å². The second kappa shape index (κ2) is 5.53. The number of carboxylic acids is 1. The number of rotatable bonds is 4. The highest BCUT2D eigenvalue weighted by Gasteiger charge is 2.23. The Kier molecular flexibility index (Phi) is 3.79. The molecule has 0 saturated carbocycles. The normalized spacial score (nSPS) is 10.2. The summed E-state index contributed by atoms with van der Waals surface area (Å²) in [4.78, 5) is 20.7. The van der Waals surface area contributed by atoms with Crippen LogP contribution in [-0.4, -0.2) is 16.0 Å². The minimum Gasteiger partial charge on any atom is -0.477 e. The number of nitrogens with one attached hydrogen (secondary N) is 1. The summed E-state index contributed by atoms with van der Waals surface area (Å²) in [6.07, 6.45) is 0. The van der Waals surface area contributed by atoms with Gasteiger partial charge in [0, 0.05) is 5.69 Å². The first-order valence-electron chi connectivity index (χ1n) is 5.62. The molecular formula is C13H8F2N2O4. The van der Waals surface area contributed by atoms with Gasteiger partial charge in [0.2, 0.25) is 0 Å². The molecule has 0 radical (unpaired) electrons. The molecule has 0 bridgehead atoms. The molecule has 0 aliphatic carbocycles. The van der Waals surface area contributed by atoms with Gasteiger partial charge in [0.1, 0.15) is 11.4 Å². The maximum Gasteiger partial charge on any atom is 0.342 e. The van der Waals surface area contributed by atoms with Crippen molar-refractivity contribution < 1.29 is 23.6 Å². The van der Waals surface area contributed by atoms with Crippen LogP contribution in [0.2, 0.25) is 0 Å². The van der Waals surface area contributed by atoms with Crippen molar-refractivity contribution >= 4 is 23.0 Å². The predicted octanol–water partition coefficient (Wildman–Crippen LogP) is 3.31. The molecule has 0 aliphatic heterocycles. The summed E-state index contributed by atoms with van der Waals surface area (Å²) in [6.45, 7) is 0. The van der Waals surface area contributed by atoms with Gasteiger partial charge in [-0.2, -0.15) is 0 Å². The molecule has 0 aromatic heterocycles. The lowest BCUT2D eigenvalue weighted by atomic mass is 10.1. The molecule has 6 nitrogen and oxygen atoms in total. The van der Waals surface area contributed by atoms with E-state index in [-0.39, 0.29) is 5.69 Å². The Morgan fingerprint density at radius 2 is 1.81 bits per heavy atom. The fourth-order valence-corrected chi connectivity index (χ4v) is 1.67. The van der Waals surface area contributed by atoms with Crippen LogP contribution in [0.1, 0.15) is 10.4 Å². The van der Waals surface area contributed by atoms with Crippen LogP contribution in [0.25, 0.3) is 0 Å². The summed E-state index contributed by atoms with van der Waals surface area (Å²) >= 11 is 0. The van der Waals surface area contributed by atoms with E-state index in [0.29, 0.717) is 11.8 Å². The number of hydrogen-bond acceptors (Lipinski definition) is 4. The molecule has 0 unspecified atom stereocenters. The Labute approximate surface area is 116 Å². The molecule has 0 fully saturated rings. The van der Waals surface area contributed by atoms with Gasteiger partial charge in [-0.15, -0.1) is 0 Å². The van der Waals surface area contributed by atoms with Crippen molar-refractivity contribution in [3.63, 3.8) is 0 Å². The minimum atomic E-state index is -1.55. The number of nitro benzene ring substituents is 1. The average Bonchev–Trinajstić information content (AvgIpc) is 2.42. The number of carboxylic acid groups (broad SMARTS) is 1. The quantitative estimate of drug-likeness (QED) is 0.666. The highest BCUT2D eigenvalue weighted by Crippen LogP contribution is 2.28. The van der Waals surface area contributed by atoms with Crippen LogP contribution in [0, 0.1) is 21.7 Å². The monoisotopic (exact) mass is 294 g/mol. The van der Waals surface area contributed by atoms with E-state index in [0.717, 1.165) is 18.2 Å². The first-order chi connectivity index (χ1) is 9.88. The van der Waals surface area contributed by atoms with Gasteiger partial charge >= 0.3 is 5.97 Å². The number of nitro groups is 1. The van der Waals surface area contributed by atoms with E-state index in [1.165, 1.54) is 12.1 Å². The van der Waals surface area contributed by atoms with Crippen molar-refractivity contribution in [2.75, 3.05) is 5.32 Å². The van der Waals surface area contributed by atoms with Crippen LogP contribution in [0.5, 0.6) is 0 Å². The molecule has 0 atom stereocenters. The maximum atomic E-state index is 13.8. The molecule has 0 saturated heterocycles. The molecule has 0 aliphatic rings. The van der Waals surface area contributed by atoms with Crippen molar-refractivity contribution in [3.8, 4) is 0 Å². The van der Waals surface area contributed by atoms with Gasteiger partial charge < -0.3 is 10.4 Å². The van der Waals surface area contributed by atoms with Gasteiger partial charge in [-0.05, 0) is 30.3 Å². The largest absolute Gasteiger partial charge is 0.477 e. The molecule has 2 aromatic rings. The van der Waals surface area contributed by atoms with E-state index in [1.54, 1.807) is 0 Å². The van der Waals surface area contributed by atoms with E-state index in [9.17, 15) is 23.7 Å². The number of aromatic carboxylic acids is 1. The summed E-state index contributed by atoms with van der Waals surface area (Å²) in [5, 5.41) is 22.2. The third-order valence-corrected chi connectivity index (χ3v) is 2.64. The van der Waals surface area contributed by atoms with Gasteiger partial charge in [-0.25, -0.2) is 13.6 Å². The molecule has 2 rings (SSSR count). The Hall–Kier alpha value is -3.03. The lowest BCUT2D eigenvalue weighted by molar-refractivity contribution is -0.385. The van der Waals surface area contributed by atoms with Crippen LogP contribution in [-0.2, 0) is 0 Å². The second-order valence-electron chi connectivity index (χ2n) is 4.04. The van der Waals surface area contributed by atoms with Crippen LogP contribution in [0.3, 0.4) is 0 Å². The number of carbonyl (C=O) groups is 1. The maximum absolute atomic E-state index is 13.8. The minimum absolute atomic E-state index is 0.260. The zero-order valence-corrected chi connectivity index (χ0v) is 10.3. The number of halogens is 2. The molecule has 2 aromatic carbocycles. The fourth-order valence-electron chi connectivity index (χ4n) is 1.67. The number of benzene rings is 2. The second-order valence-corrected chi connectivity index (χ2v) is 4.04. The SMILES string of the molecule is O=C(O)c1cc(Nc2ccc(F)cc2)c(F)cc1[N+](=O)[O-]. The summed E-state index contributed by atoms with van der Waals surface area (Å²) in [5.74, 6) is -3.03. The number of hydrogen-bond donors (Lipinski definition) is 2. The van der Waals surface area contributed by atoms with Crippen molar-refractivity contribution in [3.05, 3.63) is 63.7 Å². The van der Waals surface area contributed by atoms with Crippen molar-refractivity contribution in [2.24, 2.45) is 0 Å². The molecule has 0 spiro atoms. The standard InChI is InChI=1S/C13H8F2N2O4/c14-7-1-3-8(4-2-7)16-11-5-9(13(18)19)12(17(20)21)6-10(11)15/h1-6,16H,(H,18,19). The van der Waals surface area contributed by atoms with Gasteiger partial charge in [-0.3, -0.25) is 10.1 Å². The first-order valence-corrected chi connectivity index (χ1v) is 5.62. The predicted molar refractivity (Wildman–Crippen MR) is 69.7 cm³/mol. The highest BCUT2D eigenvalue weighted by atomic mass is 19.1. The van der Waals surface area contributed by atoms with Crippen LogP contribution < -0.4 is 5.32 Å².